The molecule has 78 valence electrons. The monoisotopic (exact) mass is 208 g/mol. The molecule has 2 N–H and O–H groups in total. The van der Waals surface area contributed by atoms with Gasteiger partial charge in [-0.25, -0.2) is 0 Å². The zero-order chi connectivity index (χ0) is 11.4. The Labute approximate surface area is 97.2 Å². The van der Waals surface area contributed by atoms with Crippen molar-refractivity contribution in [2.45, 2.75) is 6.42 Å². The third-order valence-electron chi connectivity index (χ3n) is 2.44. The summed E-state index contributed by atoms with van der Waals surface area (Å²) in [5.41, 5.74) is 9.09. The van der Waals surface area contributed by atoms with Gasteiger partial charge in [-0.2, -0.15) is 0 Å². The molecule has 1 heterocycles. The first-order valence-electron chi connectivity index (χ1n) is 5.18. The molecule has 0 fully saturated rings. The predicted molar refractivity (Wildman–Crippen MR) is 68.2 cm³/mol. The van der Waals surface area contributed by atoms with Crippen molar-refractivity contribution in [1.82, 2.24) is 4.81 Å². The number of benzene rings is 1. The fraction of sp³-hybridized carbons (Fsp3) is 0.0769. The molecule has 1 aromatic carbocycles. The molecule has 0 aliphatic carbocycles. The van der Waals surface area contributed by atoms with Crippen molar-refractivity contribution in [1.29, 1.82) is 0 Å². The zero-order valence-corrected chi connectivity index (χ0v) is 9.01. The summed E-state index contributed by atoms with van der Waals surface area (Å²) in [6.07, 6.45) is 10.0. The maximum atomic E-state index is 5.91. The van der Waals surface area contributed by atoms with Crippen molar-refractivity contribution in [3.63, 3.8) is 0 Å². The van der Waals surface area contributed by atoms with E-state index < -0.39 is 0 Å². The van der Waals surface area contributed by atoms with Crippen LogP contribution in [0.2, 0.25) is 0 Å². The zero-order valence-electron chi connectivity index (χ0n) is 9.01. The van der Waals surface area contributed by atoms with Crippen LogP contribution in [0.25, 0.3) is 6.08 Å². The van der Waals surface area contributed by atoms with Crippen LogP contribution in [0.3, 0.4) is 0 Å². The van der Waals surface area contributed by atoms with Crippen molar-refractivity contribution in [2.75, 3.05) is 0 Å². The van der Waals surface area contributed by atoms with Gasteiger partial charge in [0.05, 0.1) is 0 Å². The van der Waals surface area contributed by atoms with E-state index in [0.717, 1.165) is 17.7 Å². The number of hydrogen-bond acceptors (Lipinski definition) is 2. The maximum absolute atomic E-state index is 5.91. The molecule has 0 spiro atoms. The highest BCUT2D eigenvalue weighted by Crippen LogP contribution is 2.14. The van der Waals surface area contributed by atoms with Gasteiger partial charge in [0.2, 0.25) is 7.98 Å². The average molecular weight is 208 g/mol. The lowest BCUT2D eigenvalue weighted by Crippen LogP contribution is -2.06. The summed E-state index contributed by atoms with van der Waals surface area (Å²) < 4.78 is 0. The van der Waals surface area contributed by atoms with Crippen LogP contribution in [0.4, 0.5) is 0 Å². The van der Waals surface area contributed by atoms with Gasteiger partial charge in [0.25, 0.3) is 0 Å². The summed E-state index contributed by atoms with van der Waals surface area (Å²) in [7, 11) is 5.72. The van der Waals surface area contributed by atoms with Crippen LogP contribution in [-0.4, -0.2) is 12.8 Å². The minimum atomic E-state index is 0.759. The molecule has 2 nitrogen and oxygen atoms in total. The van der Waals surface area contributed by atoms with E-state index in [4.69, 9.17) is 13.7 Å². The van der Waals surface area contributed by atoms with Crippen molar-refractivity contribution in [2.24, 2.45) is 5.73 Å². The lowest BCUT2D eigenvalue weighted by atomic mass is 10.0. The Morgan fingerprint density at radius 2 is 2.00 bits per heavy atom. The molecule has 0 unspecified atom stereocenters. The summed E-state index contributed by atoms with van der Waals surface area (Å²) >= 11 is 0. The second-order valence-corrected chi connectivity index (χ2v) is 3.72. The molecule has 1 aliphatic rings. The quantitative estimate of drug-likeness (QED) is 0.660. The number of nitrogens with zero attached hydrogens (tertiary/aromatic N) is 1. The largest absolute Gasteiger partial charge is 0.409 e. The van der Waals surface area contributed by atoms with Crippen LogP contribution in [-0.2, 0) is 6.42 Å². The molecule has 1 aliphatic heterocycles. The normalized spacial score (nSPS) is 20.8. The van der Waals surface area contributed by atoms with E-state index in [9.17, 15) is 0 Å². The highest BCUT2D eigenvalue weighted by atomic mass is 15.0. The SMILES string of the molecule is [B]N1C=Cc2ccccc2C/C(N)=C\C=C/1. The molecule has 0 saturated heterocycles. The summed E-state index contributed by atoms with van der Waals surface area (Å²) in [6, 6.07) is 8.15. The first-order valence-corrected chi connectivity index (χ1v) is 5.18. The number of hydrogen-bond donors (Lipinski definition) is 1. The van der Waals surface area contributed by atoms with Gasteiger partial charge in [0.1, 0.15) is 0 Å². The third kappa shape index (κ3) is 2.57. The van der Waals surface area contributed by atoms with Crippen LogP contribution in [0.1, 0.15) is 11.1 Å². The van der Waals surface area contributed by atoms with Gasteiger partial charge in [0.15, 0.2) is 0 Å². The average Bonchev–Trinajstić information content (AvgIpc) is 2.27. The Hall–Kier alpha value is -1.90. The van der Waals surface area contributed by atoms with Crippen molar-refractivity contribution >= 4 is 14.1 Å². The van der Waals surface area contributed by atoms with E-state index >= 15 is 0 Å². The van der Waals surface area contributed by atoms with Crippen molar-refractivity contribution in [3.8, 4) is 0 Å². The van der Waals surface area contributed by atoms with E-state index in [1.807, 2.05) is 36.6 Å². The van der Waals surface area contributed by atoms with Gasteiger partial charge in [-0.1, -0.05) is 24.3 Å². The molecule has 1 aromatic rings. The van der Waals surface area contributed by atoms with Crippen LogP contribution in [0.15, 0.2) is 54.5 Å². The van der Waals surface area contributed by atoms with E-state index in [0.29, 0.717) is 0 Å². The molecular weight excluding hydrogens is 195 g/mol. The van der Waals surface area contributed by atoms with Gasteiger partial charge < -0.3 is 10.5 Å². The van der Waals surface area contributed by atoms with E-state index in [-0.39, 0.29) is 0 Å². The first-order chi connectivity index (χ1) is 7.75. The number of fused-ring (bicyclic) bond motifs is 1. The Morgan fingerprint density at radius 3 is 2.88 bits per heavy atom. The Morgan fingerprint density at radius 1 is 1.19 bits per heavy atom. The fourth-order valence-electron chi connectivity index (χ4n) is 1.62. The number of allylic oxidation sites excluding steroid dienone is 3. The fourth-order valence-corrected chi connectivity index (χ4v) is 1.62. The summed E-state index contributed by atoms with van der Waals surface area (Å²) in [6.45, 7) is 0. The van der Waals surface area contributed by atoms with Crippen molar-refractivity contribution < 1.29 is 0 Å². The predicted octanol–water partition coefficient (Wildman–Crippen LogP) is 1.96. The van der Waals surface area contributed by atoms with Crippen LogP contribution in [0.5, 0.6) is 0 Å². The summed E-state index contributed by atoms with van der Waals surface area (Å²) in [4.78, 5) is 1.51. The standard InChI is InChI=1S/C13H13BN2/c14-16-8-3-6-13(15)10-12-5-2-1-4-11(12)7-9-16/h1-9H,10,15H2/b8-3-,9-7?,13-6+. The minimum Gasteiger partial charge on any atom is -0.409 e. The van der Waals surface area contributed by atoms with E-state index in [2.05, 4.69) is 12.1 Å². The molecule has 0 aromatic heterocycles. The summed E-state index contributed by atoms with van der Waals surface area (Å²) in [5, 5.41) is 0. The maximum Gasteiger partial charge on any atom is 0.233 e. The molecule has 2 rings (SSSR count). The molecule has 0 atom stereocenters. The minimum absolute atomic E-state index is 0.759. The van der Waals surface area contributed by atoms with Gasteiger partial charge >= 0.3 is 0 Å². The number of rotatable bonds is 0. The lowest BCUT2D eigenvalue weighted by molar-refractivity contribution is 0.831. The van der Waals surface area contributed by atoms with Crippen molar-refractivity contribution in [3.05, 3.63) is 65.6 Å². The topological polar surface area (TPSA) is 29.3 Å². The molecule has 0 bridgehead atoms. The van der Waals surface area contributed by atoms with Gasteiger partial charge in [-0.05, 0) is 41.8 Å². The van der Waals surface area contributed by atoms with Gasteiger partial charge in [-0.15, -0.1) is 0 Å². The highest BCUT2D eigenvalue weighted by Gasteiger charge is 2.01. The van der Waals surface area contributed by atoms with Gasteiger partial charge in [-0.3, -0.25) is 0 Å². The molecule has 3 heteroatoms. The van der Waals surface area contributed by atoms with Crippen LogP contribution < -0.4 is 5.73 Å². The summed E-state index contributed by atoms with van der Waals surface area (Å²) in [5.74, 6) is 0. The first kappa shape index (κ1) is 10.6. The molecule has 0 amide bonds. The second-order valence-electron chi connectivity index (χ2n) is 3.72. The van der Waals surface area contributed by atoms with Crippen LogP contribution in [0, 0.1) is 0 Å². The highest BCUT2D eigenvalue weighted by molar-refractivity contribution is 6.06. The Bertz CT molecular complexity index is 461. The van der Waals surface area contributed by atoms with E-state index in [1.54, 1.807) is 6.20 Å². The molecule has 0 saturated carbocycles. The molecule has 2 radical (unpaired) electrons. The third-order valence-corrected chi connectivity index (χ3v) is 2.44. The lowest BCUT2D eigenvalue weighted by Gasteiger charge is -2.11. The number of nitrogens with two attached hydrogens (primary N) is 1. The van der Waals surface area contributed by atoms with Gasteiger partial charge in [0, 0.05) is 12.1 Å². The Kier molecular flexibility index (Phi) is 3.15. The van der Waals surface area contributed by atoms with E-state index in [1.165, 1.54) is 10.4 Å². The van der Waals surface area contributed by atoms with Crippen LogP contribution >= 0.6 is 0 Å². The Balaban J connectivity index is 2.42. The second kappa shape index (κ2) is 4.75. The molecule has 16 heavy (non-hydrogen) atoms. The smallest absolute Gasteiger partial charge is 0.233 e. The molecular formula is C13H13BN2.